The van der Waals surface area contributed by atoms with E-state index in [4.69, 9.17) is 11.6 Å². The second-order valence-electron chi connectivity index (χ2n) is 4.02. The number of rotatable bonds is 3. The number of hydrogen-bond donors (Lipinski definition) is 0. The van der Waals surface area contributed by atoms with Crippen LogP contribution >= 0.6 is 22.9 Å². The van der Waals surface area contributed by atoms with E-state index < -0.39 is 0 Å². The van der Waals surface area contributed by atoms with Gasteiger partial charge in [-0.2, -0.15) is 0 Å². The van der Waals surface area contributed by atoms with Gasteiger partial charge < -0.3 is 4.90 Å². The van der Waals surface area contributed by atoms with E-state index in [1.54, 1.807) is 11.3 Å². The Morgan fingerprint density at radius 3 is 2.57 bits per heavy atom. The van der Waals surface area contributed by atoms with E-state index in [-0.39, 0.29) is 0 Å². The largest absolute Gasteiger partial charge is 0.347 e. The van der Waals surface area contributed by atoms with Gasteiger partial charge in [0.2, 0.25) is 0 Å². The molecule has 0 amide bonds. The molecule has 1 fully saturated rings. The lowest BCUT2D eigenvalue weighted by molar-refractivity contribution is 0.194. The molecule has 78 valence electrons. The molecule has 0 unspecified atom stereocenters. The van der Waals surface area contributed by atoms with Gasteiger partial charge in [0.15, 0.2) is 5.13 Å². The maximum absolute atomic E-state index is 5.80. The monoisotopic (exact) mass is 230 g/mol. The first-order valence-electron chi connectivity index (χ1n) is 5.05. The third kappa shape index (κ3) is 1.63. The van der Waals surface area contributed by atoms with Gasteiger partial charge in [-0.25, -0.2) is 4.98 Å². The molecule has 2 heterocycles. The summed E-state index contributed by atoms with van der Waals surface area (Å²) in [6.45, 7) is 6.83. The van der Waals surface area contributed by atoms with Crippen LogP contribution in [-0.2, 0) is 0 Å². The molecule has 0 spiro atoms. The van der Waals surface area contributed by atoms with E-state index in [1.165, 1.54) is 12.8 Å². The molecule has 2 rings (SSSR count). The van der Waals surface area contributed by atoms with Gasteiger partial charge in [0.05, 0.1) is 0 Å². The lowest BCUT2D eigenvalue weighted by Gasteiger charge is -2.49. The minimum absolute atomic E-state index is 0.540. The van der Waals surface area contributed by atoms with E-state index in [1.807, 2.05) is 5.38 Å². The molecule has 1 aliphatic heterocycles. The van der Waals surface area contributed by atoms with Crippen LogP contribution in [0.4, 0.5) is 5.13 Å². The predicted octanol–water partition coefficient (Wildman–Crippen LogP) is 3.42. The van der Waals surface area contributed by atoms with E-state index in [0.29, 0.717) is 10.6 Å². The fourth-order valence-electron chi connectivity index (χ4n) is 1.99. The van der Waals surface area contributed by atoms with Gasteiger partial charge in [0.1, 0.15) is 5.15 Å². The van der Waals surface area contributed by atoms with Crippen LogP contribution in [0.15, 0.2) is 5.38 Å². The molecular formula is C10H15ClN2S. The molecular weight excluding hydrogens is 216 g/mol. The highest BCUT2D eigenvalue weighted by Gasteiger charge is 2.40. The van der Waals surface area contributed by atoms with Crippen molar-refractivity contribution in [3.05, 3.63) is 10.5 Å². The van der Waals surface area contributed by atoms with Crippen molar-refractivity contribution in [3.63, 3.8) is 0 Å². The normalized spacial score (nSPS) is 19.5. The van der Waals surface area contributed by atoms with Gasteiger partial charge in [-0.1, -0.05) is 25.4 Å². The van der Waals surface area contributed by atoms with Gasteiger partial charge in [-0.15, -0.1) is 11.3 Å². The summed E-state index contributed by atoms with van der Waals surface area (Å²) in [4.78, 5) is 6.60. The molecule has 0 aliphatic carbocycles. The van der Waals surface area contributed by atoms with Crippen LogP contribution in [0.25, 0.3) is 0 Å². The SMILES string of the molecule is CCC1(CC)CN(c2nc(Cl)cs2)C1. The van der Waals surface area contributed by atoms with Crippen LogP contribution in [0, 0.1) is 5.41 Å². The average molecular weight is 231 g/mol. The molecule has 0 atom stereocenters. The van der Waals surface area contributed by atoms with Crippen molar-refractivity contribution in [3.8, 4) is 0 Å². The number of halogens is 1. The Bertz CT molecular complexity index is 312. The van der Waals surface area contributed by atoms with Gasteiger partial charge in [0.25, 0.3) is 0 Å². The van der Waals surface area contributed by atoms with Crippen molar-refractivity contribution in [1.82, 2.24) is 4.98 Å². The fraction of sp³-hybridized carbons (Fsp3) is 0.700. The molecule has 0 bridgehead atoms. The highest BCUT2D eigenvalue weighted by molar-refractivity contribution is 7.14. The van der Waals surface area contributed by atoms with Crippen molar-refractivity contribution in [2.45, 2.75) is 26.7 Å². The summed E-state index contributed by atoms with van der Waals surface area (Å²) in [5, 5.41) is 3.59. The van der Waals surface area contributed by atoms with Crippen LogP contribution in [0.3, 0.4) is 0 Å². The third-order valence-electron chi connectivity index (χ3n) is 3.29. The molecule has 4 heteroatoms. The number of hydrogen-bond acceptors (Lipinski definition) is 3. The van der Waals surface area contributed by atoms with Crippen LogP contribution in [0.2, 0.25) is 5.15 Å². The Morgan fingerprint density at radius 1 is 1.50 bits per heavy atom. The van der Waals surface area contributed by atoms with Crippen molar-refractivity contribution < 1.29 is 0 Å². The zero-order valence-electron chi connectivity index (χ0n) is 8.59. The third-order valence-corrected chi connectivity index (χ3v) is 4.51. The van der Waals surface area contributed by atoms with Crippen molar-refractivity contribution >= 4 is 28.1 Å². The predicted molar refractivity (Wildman–Crippen MR) is 62.4 cm³/mol. The van der Waals surface area contributed by atoms with Gasteiger partial charge in [-0.3, -0.25) is 0 Å². The lowest BCUT2D eigenvalue weighted by Crippen LogP contribution is -2.55. The van der Waals surface area contributed by atoms with E-state index in [2.05, 4.69) is 23.7 Å². The molecule has 0 aromatic carbocycles. The first-order chi connectivity index (χ1) is 6.69. The van der Waals surface area contributed by atoms with Crippen LogP contribution < -0.4 is 4.90 Å². The number of nitrogens with zero attached hydrogens (tertiary/aromatic N) is 2. The molecule has 1 saturated heterocycles. The Hall–Kier alpha value is -0.280. The summed E-state index contributed by atoms with van der Waals surface area (Å²) in [6.07, 6.45) is 2.53. The quantitative estimate of drug-likeness (QED) is 0.791. The topological polar surface area (TPSA) is 16.1 Å². The molecule has 2 nitrogen and oxygen atoms in total. The molecule has 0 N–H and O–H groups in total. The fourth-order valence-corrected chi connectivity index (χ4v) is 2.93. The number of aromatic nitrogens is 1. The van der Waals surface area contributed by atoms with Crippen molar-refractivity contribution in [1.29, 1.82) is 0 Å². The molecule has 0 radical (unpaired) electrons. The minimum atomic E-state index is 0.540. The summed E-state index contributed by atoms with van der Waals surface area (Å²) in [5.41, 5.74) is 0.540. The molecule has 0 saturated carbocycles. The molecule has 1 aromatic heterocycles. The van der Waals surface area contributed by atoms with Crippen molar-refractivity contribution in [2.75, 3.05) is 18.0 Å². The van der Waals surface area contributed by atoms with E-state index in [0.717, 1.165) is 18.2 Å². The molecule has 14 heavy (non-hydrogen) atoms. The minimum Gasteiger partial charge on any atom is -0.347 e. The van der Waals surface area contributed by atoms with E-state index >= 15 is 0 Å². The number of anilines is 1. The van der Waals surface area contributed by atoms with E-state index in [9.17, 15) is 0 Å². The summed E-state index contributed by atoms with van der Waals surface area (Å²) < 4.78 is 0. The Balaban J connectivity index is 2.00. The summed E-state index contributed by atoms with van der Waals surface area (Å²) in [7, 11) is 0. The smallest absolute Gasteiger partial charge is 0.186 e. The van der Waals surface area contributed by atoms with Gasteiger partial charge in [-0.05, 0) is 12.8 Å². The first kappa shape index (κ1) is 10.2. The summed E-state index contributed by atoms with van der Waals surface area (Å²) >= 11 is 7.44. The van der Waals surface area contributed by atoms with Crippen LogP contribution in [-0.4, -0.2) is 18.1 Å². The zero-order valence-corrected chi connectivity index (χ0v) is 10.2. The molecule has 1 aromatic rings. The second-order valence-corrected chi connectivity index (χ2v) is 5.24. The lowest BCUT2D eigenvalue weighted by atomic mass is 9.75. The zero-order chi connectivity index (χ0) is 10.2. The first-order valence-corrected chi connectivity index (χ1v) is 6.31. The Labute approximate surface area is 93.9 Å². The second kappa shape index (κ2) is 3.70. The molecule has 1 aliphatic rings. The maximum Gasteiger partial charge on any atom is 0.186 e. The highest BCUT2D eigenvalue weighted by atomic mass is 35.5. The Kier molecular flexibility index (Phi) is 2.71. The Morgan fingerprint density at radius 2 is 2.14 bits per heavy atom. The maximum atomic E-state index is 5.80. The average Bonchev–Trinajstić information content (AvgIpc) is 2.52. The summed E-state index contributed by atoms with van der Waals surface area (Å²) in [6, 6.07) is 0. The number of thiazole rings is 1. The van der Waals surface area contributed by atoms with Crippen molar-refractivity contribution in [2.24, 2.45) is 5.41 Å². The summed E-state index contributed by atoms with van der Waals surface area (Å²) in [5.74, 6) is 0. The standard InChI is InChI=1S/C10H15ClN2S/c1-3-10(4-2)6-13(7-10)9-12-8(11)5-14-9/h5H,3-4,6-7H2,1-2H3. The van der Waals surface area contributed by atoms with Gasteiger partial charge in [0, 0.05) is 23.9 Å². The van der Waals surface area contributed by atoms with Gasteiger partial charge >= 0.3 is 0 Å². The van der Waals surface area contributed by atoms with Crippen LogP contribution in [0.1, 0.15) is 26.7 Å². The highest BCUT2D eigenvalue weighted by Crippen LogP contribution is 2.40. The van der Waals surface area contributed by atoms with Crippen LogP contribution in [0.5, 0.6) is 0 Å².